The van der Waals surface area contributed by atoms with Crippen molar-refractivity contribution in [1.29, 1.82) is 0 Å². The second-order valence-electron chi connectivity index (χ2n) is 6.49. The van der Waals surface area contributed by atoms with Gasteiger partial charge in [-0.1, -0.05) is 12.1 Å². The lowest BCUT2D eigenvalue weighted by Gasteiger charge is -2.13. The molecule has 29 heavy (non-hydrogen) atoms. The van der Waals surface area contributed by atoms with Gasteiger partial charge in [-0.05, 0) is 44.4 Å². The molecule has 8 nitrogen and oxygen atoms in total. The van der Waals surface area contributed by atoms with Crippen LogP contribution in [0, 0.1) is 0 Å². The summed E-state index contributed by atoms with van der Waals surface area (Å²) in [6.07, 6.45) is 1.39. The predicted octanol–water partition coefficient (Wildman–Crippen LogP) is 1.43. The maximum atomic E-state index is 12.1. The van der Waals surface area contributed by atoms with Gasteiger partial charge in [0, 0.05) is 45.8 Å². The molecule has 0 fully saturated rings. The van der Waals surface area contributed by atoms with Crippen LogP contribution in [0.15, 0.2) is 29.3 Å². The Labute approximate surface area is 192 Å². The van der Waals surface area contributed by atoms with E-state index >= 15 is 0 Å². The molecule has 0 aliphatic carbocycles. The van der Waals surface area contributed by atoms with Crippen LogP contribution in [-0.2, 0) is 16.4 Å². The molecule has 1 amide bonds. The number of halogens is 1. The van der Waals surface area contributed by atoms with E-state index in [1.807, 2.05) is 31.2 Å². The van der Waals surface area contributed by atoms with E-state index in [2.05, 4.69) is 20.3 Å². The highest BCUT2D eigenvalue weighted by atomic mass is 127. The summed E-state index contributed by atoms with van der Waals surface area (Å²) in [7, 11) is 0.331. The van der Waals surface area contributed by atoms with Crippen molar-refractivity contribution in [2.75, 3.05) is 46.0 Å². The fraction of sp³-hybridized carbons (Fsp3) is 0.579. The molecule has 0 radical (unpaired) electrons. The van der Waals surface area contributed by atoms with Crippen molar-refractivity contribution in [3.8, 4) is 0 Å². The van der Waals surface area contributed by atoms with Crippen molar-refractivity contribution in [2.45, 2.75) is 26.7 Å². The van der Waals surface area contributed by atoms with Gasteiger partial charge in [0.05, 0.1) is 5.75 Å². The molecule has 0 bridgehead atoms. The Morgan fingerprint density at radius 2 is 1.86 bits per heavy atom. The number of hydrogen-bond acceptors (Lipinski definition) is 4. The molecule has 0 unspecified atom stereocenters. The first-order valence-electron chi connectivity index (χ1n) is 9.59. The average Bonchev–Trinajstić information content (AvgIpc) is 2.67. The smallest absolute Gasteiger partial charge is 0.253 e. The summed E-state index contributed by atoms with van der Waals surface area (Å²) >= 11 is 0. The molecule has 10 heteroatoms. The molecule has 0 aliphatic heterocycles. The molecule has 0 atom stereocenters. The lowest BCUT2D eigenvalue weighted by Crippen LogP contribution is -2.38. The second-order valence-corrected chi connectivity index (χ2v) is 8.58. The fourth-order valence-corrected chi connectivity index (χ4v) is 3.04. The highest BCUT2D eigenvalue weighted by molar-refractivity contribution is 14.0. The van der Waals surface area contributed by atoms with Gasteiger partial charge in [-0.2, -0.15) is 0 Å². The van der Waals surface area contributed by atoms with E-state index in [1.54, 1.807) is 25.9 Å². The van der Waals surface area contributed by atoms with Crippen molar-refractivity contribution >= 4 is 45.9 Å². The molecule has 0 aliphatic rings. The molecule has 166 valence electrons. The van der Waals surface area contributed by atoms with Gasteiger partial charge in [-0.25, -0.2) is 13.1 Å². The standard InChI is InChI=1S/C19H33N5O3S.HI/c1-5-20-19(21-12-8-13-23-28(26,27)6-2)22-14-11-16-9-7-10-17(15-16)18(25)24(3)4;/h7,9-10,15,23H,5-6,8,11-14H2,1-4H3,(H2,20,21,22);1H. The maximum Gasteiger partial charge on any atom is 0.253 e. The predicted molar refractivity (Wildman–Crippen MR) is 130 cm³/mol. The minimum atomic E-state index is -3.15. The van der Waals surface area contributed by atoms with Crippen molar-refractivity contribution in [3.63, 3.8) is 0 Å². The SMILES string of the molecule is CCNC(=NCCCNS(=O)(=O)CC)NCCc1cccc(C(=O)N(C)C)c1.I. The third-order valence-electron chi connectivity index (χ3n) is 3.94. The number of benzene rings is 1. The maximum absolute atomic E-state index is 12.1. The van der Waals surface area contributed by atoms with Gasteiger partial charge in [0.15, 0.2) is 5.96 Å². The lowest BCUT2D eigenvalue weighted by atomic mass is 10.1. The Balaban J connectivity index is 0.00000784. The summed E-state index contributed by atoms with van der Waals surface area (Å²) in [4.78, 5) is 18.1. The fourth-order valence-electron chi connectivity index (χ4n) is 2.38. The van der Waals surface area contributed by atoms with Gasteiger partial charge in [-0.15, -0.1) is 24.0 Å². The zero-order chi connectivity index (χ0) is 21.0. The zero-order valence-corrected chi connectivity index (χ0v) is 20.8. The van der Waals surface area contributed by atoms with Crippen LogP contribution in [-0.4, -0.2) is 71.2 Å². The van der Waals surface area contributed by atoms with E-state index in [0.29, 0.717) is 37.6 Å². The first-order chi connectivity index (χ1) is 13.3. The molecule has 1 rings (SSSR count). The number of hydrogen-bond donors (Lipinski definition) is 3. The number of nitrogens with zero attached hydrogens (tertiary/aromatic N) is 2. The summed E-state index contributed by atoms with van der Waals surface area (Å²) in [6, 6.07) is 7.62. The number of carbonyl (C=O) groups is 1. The number of aliphatic imine (C=N–C) groups is 1. The number of guanidine groups is 1. The minimum absolute atomic E-state index is 0. The van der Waals surface area contributed by atoms with E-state index < -0.39 is 10.0 Å². The Bertz CT molecular complexity index is 754. The Hall–Kier alpha value is -1.40. The molecule has 0 heterocycles. The first-order valence-corrected chi connectivity index (χ1v) is 11.2. The average molecular weight is 539 g/mol. The monoisotopic (exact) mass is 539 g/mol. The molecule has 3 N–H and O–H groups in total. The normalized spacial score (nSPS) is 11.5. The highest BCUT2D eigenvalue weighted by Gasteiger charge is 2.08. The van der Waals surface area contributed by atoms with Crippen LogP contribution in [0.2, 0.25) is 0 Å². The lowest BCUT2D eigenvalue weighted by molar-refractivity contribution is 0.0827. The van der Waals surface area contributed by atoms with Crippen LogP contribution >= 0.6 is 24.0 Å². The number of rotatable bonds is 11. The van der Waals surface area contributed by atoms with Crippen LogP contribution in [0.4, 0.5) is 0 Å². The molecule has 0 saturated carbocycles. The molecule has 1 aromatic rings. The zero-order valence-electron chi connectivity index (χ0n) is 17.7. The molecule has 1 aromatic carbocycles. The highest BCUT2D eigenvalue weighted by Crippen LogP contribution is 2.07. The summed E-state index contributed by atoms with van der Waals surface area (Å²) in [5.41, 5.74) is 1.75. The van der Waals surface area contributed by atoms with Gasteiger partial charge in [0.2, 0.25) is 10.0 Å². The summed E-state index contributed by atoms with van der Waals surface area (Å²) in [5.74, 6) is 0.770. The number of sulfonamides is 1. The van der Waals surface area contributed by atoms with Gasteiger partial charge in [0.1, 0.15) is 0 Å². The summed E-state index contributed by atoms with van der Waals surface area (Å²) in [5, 5.41) is 6.44. The Morgan fingerprint density at radius 3 is 2.48 bits per heavy atom. The largest absolute Gasteiger partial charge is 0.357 e. The minimum Gasteiger partial charge on any atom is -0.357 e. The van der Waals surface area contributed by atoms with Crippen molar-refractivity contribution in [3.05, 3.63) is 35.4 Å². The van der Waals surface area contributed by atoms with Gasteiger partial charge < -0.3 is 15.5 Å². The number of carbonyl (C=O) groups excluding carboxylic acids is 1. The van der Waals surface area contributed by atoms with Crippen molar-refractivity contribution < 1.29 is 13.2 Å². The van der Waals surface area contributed by atoms with E-state index in [-0.39, 0.29) is 35.6 Å². The van der Waals surface area contributed by atoms with Gasteiger partial charge >= 0.3 is 0 Å². The Morgan fingerprint density at radius 1 is 1.14 bits per heavy atom. The van der Waals surface area contributed by atoms with Gasteiger partial charge in [0.25, 0.3) is 5.91 Å². The van der Waals surface area contributed by atoms with E-state index in [9.17, 15) is 13.2 Å². The van der Waals surface area contributed by atoms with Crippen LogP contribution in [0.5, 0.6) is 0 Å². The first kappa shape index (κ1) is 27.6. The van der Waals surface area contributed by atoms with Crippen LogP contribution in [0.1, 0.15) is 36.2 Å². The number of nitrogens with one attached hydrogen (secondary N) is 3. The van der Waals surface area contributed by atoms with Crippen LogP contribution in [0.25, 0.3) is 0 Å². The summed E-state index contributed by atoms with van der Waals surface area (Å²) < 4.78 is 25.3. The van der Waals surface area contributed by atoms with E-state index in [1.165, 1.54) is 0 Å². The molecular formula is C19H34IN5O3S. The van der Waals surface area contributed by atoms with Gasteiger partial charge in [-0.3, -0.25) is 9.79 Å². The number of amides is 1. The second kappa shape index (κ2) is 14.6. The van der Waals surface area contributed by atoms with E-state index in [4.69, 9.17) is 0 Å². The van der Waals surface area contributed by atoms with Crippen LogP contribution < -0.4 is 15.4 Å². The summed E-state index contributed by atoms with van der Waals surface area (Å²) in [6.45, 7) is 5.91. The third-order valence-corrected chi connectivity index (χ3v) is 5.34. The molecule has 0 saturated heterocycles. The Kier molecular flexibility index (Phi) is 13.9. The van der Waals surface area contributed by atoms with Crippen molar-refractivity contribution in [1.82, 2.24) is 20.3 Å². The van der Waals surface area contributed by atoms with E-state index in [0.717, 1.165) is 18.5 Å². The third kappa shape index (κ3) is 11.4. The molecule has 0 spiro atoms. The molecular weight excluding hydrogens is 505 g/mol. The van der Waals surface area contributed by atoms with Crippen molar-refractivity contribution in [2.24, 2.45) is 4.99 Å². The van der Waals surface area contributed by atoms with Crippen LogP contribution in [0.3, 0.4) is 0 Å². The topological polar surface area (TPSA) is 103 Å². The molecule has 0 aromatic heterocycles. The quantitative estimate of drug-likeness (QED) is 0.171.